The van der Waals surface area contributed by atoms with E-state index in [-0.39, 0.29) is 12.5 Å². The molecule has 4 unspecified atom stereocenters. The van der Waals surface area contributed by atoms with Crippen molar-refractivity contribution < 1.29 is 49.2 Å². The van der Waals surface area contributed by atoms with Gasteiger partial charge in [0.1, 0.15) is 0 Å². The number of carbonyl (C=O) groups is 1. The van der Waals surface area contributed by atoms with Crippen LogP contribution >= 0.6 is 0 Å². The van der Waals surface area contributed by atoms with Crippen LogP contribution in [-0.4, -0.2) is 48.7 Å². The van der Waals surface area contributed by atoms with Crippen LogP contribution in [-0.2, 0) is 24.4 Å². The Morgan fingerprint density at radius 2 is 1.82 bits per heavy atom. The highest BCUT2D eigenvalue weighted by molar-refractivity contribution is 7.86. The molecular formula is C10H10F5O6S-. The second-order valence-corrected chi connectivity index (χ2v) is 6.54. The molecule has 22 heavy (non-hydrogen) atoms. The molecule has 0 spiro atoms. The summed E-state index contributed by atoms with van der Waals surface area (Å²) in [4.78, 5) is 11.6. The molecule has 0 saturated carbocycles. The molecule has 2 saturated heterocycles. The summed E-state index contributed by atoms with van der Waals surface area (Å²) in [5.74, 6) is -2.84. The minimum absolute atomic E-state index is 0.00374. The molecular weight excluding hydrogens is 343 g/mol. The van der Waals surface area contributed by atoms with Gasteiger partial charge in [0.2, 0.25) is 0 Å². The van der Waals surface area contributed by atoms with Gasteiger partial charge in [-0.3, -0.25) is 4.79 Å². The number of halogens is 5. The number of fused-ring (bicyclic) bond motifs is 2. The first-order chi connectivity index (χ1) is 9.84. The van der Waals surface area contributed by atoms with Gasteiger partial charge in [0.15, 0.2) is 10.1 Å². The fourth-order valence-corrected chi connectivity index (χ4v) is 2.99. The Balaban J connectivity index is 2.19. The van der Waals surface area contributed by atoms with Crippen LogP contribution in [0.25, 0.3) is 0 Å². The molecule has 0 radical (unpaired) electrons. The average Bonchev–Trinajstić information content (AvgIpc) is 2.94. The molecule has 4 atom stereocenters. The van der Waals surface area contributed by atoms with E-state index in [2.05, 4.69) is 4.74 Å². The second kappa shape index (κ2) is 5.27. The summed E-state index contributed by atoms with van der Waals surface area (Å²) in [6.07, 6.45) is -10.4. The first-order valence-corrected chi connectivity index (χ1v) is 7.50. The van der Waals surface area contributed by atoms with E-state index in [1.165, 1.54) is 0 Å². The van der Waals surface area contributed by atoms with Gasteiger partial charge in [-0.2, -0.15) is 22.0 Å². The van der Waals surface area contributed by atoms with E-state index in [0.29, 0.717) is 12.8 Å². The monoisotopic (exact) mass is 353 g/mol. The van der Waals surface area contributed by atoms with Crippen LogP contribution in [0.3, 0.4) is 0 Å². The van der Waals surface area contributed by atoms with E-state index < -0.39 is 45.6 Å². The summed E-state index contributed by atoms with van der Waals surface area (Å²) in [7, 11) is -6.68. The standard InChI is InChI=1S/C10H11F5O6S/c11-9(12,13)8(10(14,15)22(17,18)19)21-7(16)5-3-4-1-2-6(5)20-4/h4-6,8H,1-3H2,(H,17,18,19)/p-1. The molecule has 2 rings (SSSR count). The molecule has 0 amide bonds. The molecule has 2 aliphatic rings. The highest BCUT2D eigenvalue weighted by Crippen LogP contribution is 2.42. The van der Waals surface area contributed by atoms with Gasteiger partial charge in [-0.1, -0.05) is 0 Å². The van der Waals surface area contributed by atoms with Crippen molar-refractivity contribution in [2.45, 2.75) is 49.0 Å². The third-order valence-corrected chi connectivity index (χ3v) is 4.46. The maximum atomic E-state index is 13.2. The minimum Gasteiger partial charge on any atom is -0.743 e. The zero-order valence-corrected chi connectivity index (χ0v) is 11.5. The Hall–Kier alpha value is -1.01. The van der Waals surface area contributed by atoms with Crippen LogP contribution in [0.5, 0.6) is 0 Å². The lowest BCUT2D eigenvalue weighted by atomic mass is 9.89. The maximum Gasteiger partial charge on any atom is 0.432 e. The number of hydrogen-bond acceptors (Lipinski definition) is 6. The molecule has 0 aromatic carbocycles. The minimum atomic E-state index is -6.68. The van der Waals surface area contributed by atoms with Crippen LogP contribution in [0.15, 0.2) is 0 Å². The lowest BCUT2D eigenvalue weighted by Gasteiger charge is -2.31. The van der Waals surface area contributed by atoms with Gasteiger partial charge in [0, 0.05) is 0 Å². The molecule has 128 valence electrons. The summed E-state index contributed by atoms with van der Waals surface area (Å²) in [6.45, 7) is 0. The Labute approximate surface area is 121 Å². The topological polar surface area (TPSA) is 92.7 Å². The Morgan fingerprint density at radius 1 is 1.23 bits per heavy atom. The van der Waals surface area contributed by atoms with Crippen molar-refractivity contribution in [3.8, 4) is 0 Å². The number of carbonyl (C=O) groups excluding carboxylic acids is 1. The normalized spacial score (nSPS) is 30.4. The predicted molar refractivity (Wildman–Crippen MR) is 56.6 cm³/mol. The predicted octanol–water partition coefficient (Wildman–Crippen LogP) is 1.17. The first-order valence-electron chi connectivity index (χ1n) is 6.10. The summed E-state index contributed by atoms with van der Waals surface area (Å²) >= 11 is 0. The average molecular weight is 353 g/mol. The lowest BCUT2D eigenvalue weighted by Crippen LogP contribution is -2.53. The van der Waals surface area contributed by atoms with Crippen molar-refractivity contribution in [1.82, 2.24) is 0 Å². The Morgan fingerprint density at radius 3 is 2.18 bits per heavy atom. The summed E-state index contributed by atoms with van der Waals surface area (Å²) < 4.78 is 104. The van der Waals surface area contributed by atoms with E-state index >= 15 is 0 Å². The van der Waals surface area contributed by atoms with Gasteiger partial charge in [-0.25, -0.2) is 8.42 Å². The van der Waals surface area contributed by atoms with Crippen molar-refractivity contribution >= 4 is 16.1 Å². The summed E-state index contributed by atoms with van der Waals surface area (Å²) in [5, 5.41) is -5.82. The highest BCUT2D eigenvalue weighted by atomic mass is 32.2. The van der Waals surface area contributed by atoms with E-state index in [1.54, 1.807) is 0 Å². The molecule has 12 heteroatoms. The Bertz CT molecular complexity index is 559. The van der Waals surface area contributed by atoms with Gasteiger partial charge in [-0.05, 0) is 19.3 Å². The zero-order valence-electron chi connectivity index (χ0n) is 10.7. The van der Waals surface area contributed by atoms with Gasteiger partial charge >= 0.3 is 17.4 Å². The molecule has 0 aromatic heterocycles. The largest absolute Gasteiger partial charge is 0.743 e. The lowest BCUT2D eigenvalue weighted by molar-refractivity contribution is -0.261. The van der Waals surface area contributed by atoms with Gasteiger partial charge < -0.3 is 14.0 Å². The third kappa shape index (κ3) is 3.04. The number of hydrogen-bond donors (Lipinski definition) is 0. The molecule has 2 bridgehead atoms. The molecule has 2 aliphatic heterocycles. The van der Waals surface area contributed by atoms with Crippen molar-refractivity contribution in [2.24, 2.45) is 5.92 Å². The van der Waals surface area contributed by atoms with Crippen LogP contribution in [0, 0.1) is 5.92 Å². The van der Waals surface area contributed by atoms with Crippen molar-refractivity contribution in [3.05, 3.63) is 0 Å². The molecule has 0 N–H and O–H groups in total. The number of alkyl halides is 5. The van der Waals surface area contributed by atoms with Crippen LogP contribution < -0.4 is 0 Å². The summed E-state index contributed by atoms with van der Waals surface area (Å²) in [6, 6.07) is 0. The smallest absolute Gasteiger partial charge is 0.432 e. The van der Waals surface area contributed by atoms with Crippen molar-refractivity contribution in [3.63, 3.8) is 0 Å². The summed E-state index contributed by atoms with van der Waals surface area (Å²) in [5.41, 5.74) is 0. The number of ether oxygens (including phenoxy) is 2. The maximum absolute atomic E-state index is 13.2. The number of esters is 1. The van der Waals surface area contributed by atoms with Gasteiger partial charge in [0.05, 0.1) is 18.1 Å². The highest BCUT2D eigenvalue weighted by Gasteiger charge is 2.63. The van der Waals surface area contributed by atoms with Gasteiger partial charge in [0.25, 0.3) is 6.10 Å². The van der Waals surface area contributed by atoms with Crippen LogP contribution in [0.1, 0.15) is 19.3 Å². The van der Waals surface area contributed by atoms with Crippen molar-refractivity contribution in [1.29, 1.82) is 0 Å². The number of rotatable bonds is 4. The van der Waals surface area contributed by atoms with Gasteiger partial charge in [-0.15, -0.1) is 0 Å². The first kappa shape index (κ1) is 17.3. The molecule has 0 aromatic rings. The Kier molecular flexibility index (Phi) is 4.15. The zero-order chi connectivity index (χ0) is 16.9. The fraction of sp³-hybridized carbons (Fsp3) is 0.900. The second-order valence-electron chi connectivity index (χ2n) is 5.09. The SMILES string of the molecule is O=C(OC(C(F)(F)F)C(F)(F)S(=O)(=O)[O-])C1CC2CCC1O2. The molecule has 6 nitrogen and oxygen atoms in total. The molecule has 2 heterocycles. The molecule has 2 fully saturated rings. The van der Waals surface area contributed by atoms with E-state index in [0.717, 1.165) is 0 Å². The van der Waals surface area contributed by atoms with E-state index in [4.69, 9.17) is 4.74 Å². The van der Waals surface area contributed by atoms with Crippen molar-refractivity contribution in [2.75, 3.05) is 0 Å². The van der Waals surface area contributed by atoms with Crippen LogP contribution in [0.4, 0.5) is 22.0 Å². The van der Waals surface area contributed by atoms with E-state index in [9.17, 15) is 39.7 Å². The quantitative estimate of drug-likeness (QED) is 0.428. The molecule has 0 aliphatic carbocycles. The van der Waals surface area contributed by atoms with Crippen LogP contribution in [0.2, 0.25) is 0 Å². The third-order valence-electron chi connectivity index (χ3n) is 3.58. The van der Waals surface area contributed by atoms with E-state index in [1.807, 2.05) is 0 Å². The fourth-order valence-electron chi connectivity index (χ4n) is 2.55.